The molecule has 2 aromatic carbocycles. The van der Waals surface area contributed by atoms with Gasteiger partial charge in [-0.15, -0.1) is 0 Å². The Hall–Kier alpha value is -3.85. The number of fused-ring (bicyclic) bond motifs is 1. The Kier molecular flexibility index (Phi) is 7.82. The number of methoxy groups -OCH3 is 1. The van der Waals surface area contributed by atoms with Crippen molar-refractivity contribution in [2.75, 3.05) is 13.7 Å². The second-order valence-electron chi connectivity index (χ2n) is 7.09. The van der Waals surface area contributed by atoms with Gasteiger partial charge in [-0.3, -0.25) is 4.79 Å². The molecule has 0 unspecified atom stereocenters. The number of hydrogen-bond acceptors (Lipinski definition) is 6. The zero-order chi connectivity index (χ0) is 22.9. The Bertz CT molecular complexity index is 1070. The molecule has 0 aliphatic carbocycles. The van der Waals surface area contributed by atoms with Crippen LogP contribution in [0.15, 0.2) is 60.8 Å². The van der Waals surface area contributed by atoms with E-state index in [1.165, 1.54) is 0 Å². The molecule has 0 spiro atoms. The number of aromatic amines is 1. The van der Waals surface area contributed by atoms with Gasteiger partial charge in [-0.05, 0) is 17.2 Å². The van der Waals surface area contributed by atoms with E-state index in [4.69, 9.17) is 4.74 Å². The lowest BCUT2D eigenvalue weighted by Gasteiger charge is -2.21. The molecule has 9 heteroatoms. The lowest BCUT2D eigenvalue weighted by molar-refractivity contribution is -0.146. The maximum absolute atomic E-state index is 12.9. The molecular formula is C23H25N3O6. The van der Waals surface area contributed by atoms with Gasteiger partial charge < -0.3 is 30.2 Å². The van der Waals surface area contributed by atoms with Crippen LogP contribution in [-0.2, 0) is 32.1 Å². The first-order valence-electron chi connectivity index (χ1n) is 10.0. The maximum atomic E-state index is 12.9. The quantitative estimate of drug-likeness (QED) is 0.375. The number of amides is 2. The van der Waals surface area contributed by atoms with E-state index in [9.17, 15) is 19.5 Å². The number of benzene rings is 2. The van der Waals surface area contributed by atoms with Gasteiger partial charge in [0, 0.05) is 23.5 Å². The summed E-state index contributed by atoms with van der Waals surface area (Å²) in [6, 6.07) is 14.4. The minimum absolute atomic E-state index is 0.0372. The molecule has 0 bridgehead atoms. The molecule has 2 atom stereocenters. The monoisotopic (exact) mass is 439 g/mol. The van der Waals surface area contributed by atoms with Crippen molar-refractivity contribution in [2.45, 2.75) is 25.1 Å². The van der Waals surface area contributed by atoms with Crippen LogP contribution in [0, 0.1) is 0 Å². The fourth-order valence-corrected chi connectivity index (χ4v) is 3.23. The minimum Gasteiger partial charge on any atom is -0.467 e. The Morgan fingerprint density at radius 1 is 1.00 bits per heavy atom. The zero-order valence-corrected chi connectivity index (χ0v) is 17.5. The Morgan fingerprint density at radius 2 is 1.72 bits per heavy atom. The van der Waals surface area contributed by atoms with Crippen LogP contribution in [0.25, 0.3) is 10.9 Å². The standard InChI is InChI=1S/C23H25N3O6/c1-31-22(29)20(13-27)25-21(28)19(11-16-12-24-18-10-6-5-9-17(16)18)26-23(30)32-14-15-7-3-2-4-8-15/h2-10,12,19-20,24,27H,11,13-14H2,1H3,(H,25,28)(H,26,30)/t19-,20+/m0/s1. The second-order valence-corrected chi connectivity index (χ2v) is 7.09. The minimum atomic E-state index is -1.25. The highest BCUT2D eigenvalue weighted by Crippen LogP contribution is 2.19. The normalized spacial score (nSPS) is 12.6. The molecule has 32 heavy (non-hydrogen) atoms. The lowest BCUT2D eigenvalue weighted by Crippen LogP contribution is -2.53. The van der Waals surface area contributed by atoms with E-state index in [1.54, 1.807) is 6.20 Å². The Labute approximate surface area is 184 Å². The van der Waals surface area contributed by atoms with Crippen LogP contribution in [0.4, 0.5) is 4.79 Å². The van der Waals surface area contributed by atoms with Gasteiger partial charge in [0.1, 0.15) is 12.6 Å². The first kappa shape index (κ1) is 22.8. The number of rotatable bonds is 9. The molecule has 2 amide bonds. The zero-order valence-electron chi connectivity index (χ0n) is 17.5. The van der Waals surface area contributed by atoms with Crippen LogP contribution >= 0.6 is 0 Å². The highest BCUT2D eigenvalue weighted by Gasteiger charge is 2.28. The van der Waals surface area contributed by atoms with Crippen molar-refractivity contribution in [1.29, 1.82) is 0 Å². The summed E-state index contributed by atoms with van der Waals surface area (Å²) in [7, 11) is 1.15. The second kappa shape index (κ2) is 11.0. The number of nitrogens with one attached hydrogen (secondary N) is 3. The van der Waals surface area contributed by atoms with E-state index in [2.05, 4.69) is 20.4 Å². The number of aliphatic hydroxyl groups excluding tert-OH is 1. The first-order valence-corrected chi connectivity index (χ1v) is 10.0. The van der Waals surface area contributed by atoms with Gasteiger partial charge in [-0.2, -0.15) is 0 Å². The summed E-state index contributed by atoms with van der Waals surface area (Å²) in [4.78, 5) is 40.2. The van der Waals surface area contributed by atoms with Gasteiger partial charge in [-0.25, -0.2) is 9.59 Å². The summed E-state index contributed by atoms with van der Waals surface area (Å²) in [6.45, 7) is -0.605. The highest BCUT2D eigenvalue weighted by molar-refractivity contribution is 5.91. The lowest BCUT2D eigenvalue weighted by atomic mass is 10.0. The van der Waals surface area contributed by atoms with Crippen molar-refractivity contribution in [1.82, 2.24) is 15.6 Å². The van der Waals surface area contributed by atoms with E-state index >= 15 is 0 Å². The number of carbonyl (C=O) groups excluding carboxylic acids is 3. The summed E-state index contributed by atoms with van der Waals surface area (Å²) in [6.07, 6.45) is 1.11. The van der Waals surface area contributed by atoms with Crippen LogP contribution in [0.1, 0.15) is 11.1 Å². The molecule has 168 valence electrons. The smallest absolute Gasteiger partial charge is 0.408 e. The van der Waals surface area contributed by atoms with Gasteiger partial charge in [0.05, 0.1) is 13.7 Å². The van der Waals surface area contributed by atoms with Crippen LogP contribution in [0.2, 0.25) is 0 Å². The molecule has 3 aromatic rings. The van der Waals surface area contributed by atoms with Gasteiger partial charge in [0.25, 0.3) is 0 Å². The average Bonchev–Trinajstić information content (AvgIpc) is 3.23. The Balaban J connectivity index is 1.74. The topological polar surface area (TPSA) is 130 Å². The van der Waals surface area contributed by atoms with E-state index in [-0.39, 0.29) is 13.0 Å². The molecule has 0 saturated heterocycles. The van der Waals surface area contributed by atoms with Crippen LogP contribution < -0.4 is 10.6 Å². The van der Waals surface area contributed by atoms with Crippen molar-refractivity contribution in [3.05, 3.63) is 71.9 Å². The van der Waals surface area contributed by atoms with E-state index in [0.717, 1.165) is 29.1 Å². The Morgan fingerprint density at radius 3 is 2.44 bits per heavy atom. The fourth-order valence-electron chi connectivity index (χ4n) is 3.23. The number of aromatic nitrogens is 1. The number of alkyl carbamates (subject to hydrolysis) is 1. The third-order valence-electron chi connectivity index (χ3n) is 4.91. The highest BCUT2D eigenvalue weighted by atomic mass is 16.5. The van der Waals surface area contributed by atoms with E-state index in [1.807, 2.05) is 54.6 Å². The molecule has 0 radical (unpaired) electrons. The summed E-state index contributed by atoms with van der Waals surface area (Å²) in [5.41, 5.74) is 2.48. The van der Waals surface area contributed by atoms with Gasteiger partial charge in [0.15, 0.2) is 6.04 Å². The largest absolute Gasteiger partial charge is 0.467 e. The summed E-state index contributed by atoms with van der Waals surface area (Å²) in [5, 5.41) is 15.3. The number of para-hydroxylation sites is 1. The van der Waals surface area contributed by atoms with Crippen molar-refractivity contribution < 1.29 is 29.0 Å². The number of esters is 1. The van der Waals surface area contributed by atoms with Crippen molar-refractivity contribution in [3.8, 4) is 0 Å². The molecular weight excluding hydrogens is 414 g/mol. The van der Waals surface area contributed by atoms with Gasteiger partial charge in [-0.1, -0.05) is 48.5 Å². The summed E-state index contributed by atoms with van der Waals surface area (Å²) >= 11 is 0. The third kappa shape index (κ3) is 5.86. The molecule has 1 heterocycles. The number of ether oxygens (including phenoxy) is 2. The molecule has 9 nitrogen and oxygen atoms in total. The van der Waals surface area contributed by atoms with Crippen molar-refractivity contribution in [3.63, 3.8) is 0 Å². The molecule has 0 aliphatic heterocycles. The number of carbonyl (C=O) groups is 3. The van der Waals surface area contributed by atoms with Gasteiger partial charge >= 0.3 is 12.1 Å². The first-order chi connectivity index (χ1) is 15.5. The summed E-state index contributed by atoms with van der Waals surface area (Å²) < 4.78 is 9.82. The molecule has 4 N–H and O–H groups in total. The molecule has 1 aromatic heterocycles. The van der Waals surface area contributed by atoms with Crippen LogP contribution in [0.5, 0.6) is 0 Å². The SMILES string of the molecule is COC(=O)[C@@H](CO)NC(=O)[C@H](Cc1c[nH]c2ccccc12)NC(=O)OCc1ccccc1. The average molecular weight is 439 g/mol. The van der Waals surface area contributed by atoms with Crippen LogP contribution in [0.3, 0.4) is 0 Å². The maximum Gasteiger partial charge on any atom is 0.408 e. The fraction of sp³-hybridized carbons (Fsp3) is 0.261. The summed E-state index contributed by atoms with van der Waals surface area (Å²) in [5.74, 6) is -1.45. The van der Waals surface area contributed by atoms with Crippen molar-refractivity contribution in [2.24, 2.45) is 0 Å². The number of H-pyrrole nitrogens is 1. The van der Waals surface area contributed by atoms with Crippen molar-refractivity contribution >= 4 is 28.9 Å². The van der Waals surface area contributed by atoms with Crippen LogP contribution in [-0.4, -0.2) is 53.9 Å². The predicted octanol–water partition coefficient (Wildman–Crippen LogP) is 1.66. The number of hydrogen-bond donors (Lipinski definition) is 4. The van der Waals surface area contributed by atoms with E-state index in [0.29, 0.717) is 0 Å². The van der Waals surface area contributed by atoms with Gasteiger partial charge in [0.2, 0.25) is 5.91 Å². The predicted molar refractivity (Wildman–Crippen MR) is 117 cm³/mol. The third-order valence-corrected chi connectivity index (χ3v) is 4.91. The molecule has 0 saturated carbocycles. The van der Waals surface area contributed by atoms with E-state index < -0.39 is 36.7 Å². The number of aliphatic hydroxyl groups is 1. The molecule has 3 rings (SSSR count). The molecule has 0 fully saturated rings. The molecule has 0 aliphatic rings.